The van der Waals surface area contributed by atoms with Crippen molar-refractivity contribution in [1.82, 2.24) is 0 Å². The van der Waals surface area contributed by atoms with Crippen LogP contribution in [0.25, 0.3) is 0 Å². The van der Waals surface area contributed by atoms with Gasteiger partial charge < -0.3 is 9.47 Å². The average molecular weight is 204 g/mol. The topological polar surface area (TPSA) is 18.5 Å². The van der Waals surface area contributed by atoms with E-state index in [1.165, 1.54) is 0 Å². The fourth-order valence-electron chi connectivity index (χ4n) is 1.91. The van der Waals surface area contributed by atoms with E-state index in [4.69, 9.17) is 9.47 Å². The summed E-state index contributed by atoms with van der Waals surface area (Å²) in [6.45, 7) is 9.18. The zero-order valence-electron chi connectivity index (χ0n) is 9.89. The minimum absolute atomic E-state index is 0.715. The Bertz CT molecular complexity index is 119. The van der Waals surface area contributed by atoms with Crippen LogP contribution in [-0.2, 0) is 9.47 Å². The molecule has 0 saturated heterocycles. The molecule has 0 aromatic heterocycles. The van der Waals surface area contributed by atoms with Gasteiger partial charge in [-0.2, -0.15) is 0 Å². The lowest BCUT2D eigenvalue weighted by molar-refractivity contribution is 0.211. The molecule has 0 aliphatic carbocycles. The monoisotopic (exact) mass is 204 g/mol. The zero-order valence-corrected chi connectivity index (χ0v) is 10.9. The molecule has 0 aromatic rings. The van der Waals surface area contributed by atoms with Crippen molar-refractivity contribution < 1.29 is 9.47 Å². The molecule has 80 valence electrons. The predicted octanol–water partition coefficient (Wildman–Crippen LogP) is 2.63. The summed E-state index contributed by atoms with van der Waals surface area (Å²) in [4.78, 5) is 0. The number of hydrogen-bond donors (Lipinski definition) is 0. The molecule has 0 spiro atoms. The molecule has 0 bridgehead atoms. The zero-order chi connectivity index (χ0) is 10.5. The summed E-state index contributed by atoms with van der Waals surface area (Å²) in [6.07, 6.45) is 1.83. The van der Waals surface area contributed by atoms with Crippen molar-refractivity contribution in [3.63, 3.8) is 0 Å². The van der Waals surface area contributed by atoms with Crippen LogP contribution in [-0.4, -0.2) is 34.8 Å². The SMILES string of the molecule is COC[Si](COC)(C(C)C)C(C)C. The first-order valence-electron chi connectivity index (χ1n) is 4.99. The van der Waals surface area contributed by atoms with Crippen molar-refractivity contribution >= 4 is 8.07 Å². The summed E-state index contributed by atoms with van der Waals surface area (Å²) in [5.41, 5.74) is 1.43. The van der Waals surface area contributed by atoms with Crippen molar-refractivity contribution in [2.75, 3.05) is 26.7 Å². The summed E-state index contributed by atoms with van der Waals surface area (Å²) in [5.74, 6) is 0. The van der Waals surface area contributed by atoms with Gasteiger partial charge in [-0.05, 0) is 11.1 Å². The quantitative estimate of drug-likeness (QED) is 0.619. The first-order chi connectivity index (χ1) is 6.01. The van der Waals surface area contributed by atoms with Gasteiger partial charge in [0.15, 0.2) is 0 Å². The van der Waals surface area contributed by atoms with Crippen LogP contribution < -0.4 is 0 Å². The summed E-state index contributed by atoms with van der Waals surface area (Å²) in [5, 5.41) is 0. The Balaban J connectivity index is 4.59. The van der Waals surface area contributed by atoms with Crippen LogP contribution >= 0.6 is 0 Å². The molecule has 0 saturated carbocycles. The van der Waals surface area contributed by atoms with Crippen molar-refractivity contribution in [3.8, 4) is 0 Å². The van der Waals surface area contributed by atoms with Crippen LogP contribution in [0.1, 0.15) is 27.7 Å². The molecule has 0 aromatic carbocycles. The maximum absolute atomic E-state index is 5.36. The van der Waals surface area contributed by atoms with Gasteiger partial charge in [-0.1, -0.05) is 27.7 Å². The predicted molar refractivity (Wildman–Crippen MR) is 59.7 cm³/mol. The van der Waals surface area contributed by atoms with E-state index < -0.39 is 8.07 Å². The van der Waals surface area contributed by atoms with Crippen molar-refractivity contribution in [2.24, 2.45) is 0 Å². The molecule has 2 nitrogen and oxygen atoms in total. The Hall–Kier alpha value is 0.137. The van der Waals surface area contributed by atoms with E-state index in [1.54, 1.807) is 14.2 Å². The molecule has 0 N–H and O–H groups in total. The molecular weight excluding hydrogens is 180 g/mol. The maximum Gasteiger partial charge on any atom is 0.118 e. The summed E-state index contributed by atoms with van der Waals surface area (Å²) >= 11 is 0. The molecule has 0 aliphatic rings. The van der Waals surface area contributed by atoms with Gasteiger partial charge in [0, 0.05) is 26.7 Å². The minimum atomic E-state index is -1.39. The van der Waals surface area contributed by atoms with Gasteiger partial charge in [0.2, 0.25) is 0 Å². The van der Waals surface area contributed by atoms with Crippen LogP contribution in [0.4, 0.5) is 0 Å². The smallest absolute Gasteiger partial charge is 0.118 e. The van der Waals surface area contributed by atoms with Crippen molar-refractivity contribution in [1.29, 1.82) is 0 Å². The van der Waals surface area contributed by atoms with E-state index in [2.05, 4.69) is 27.7 Å². The largest absolute Gasteiger partial charge is 0.388 e. The van der Waals surface area contributed by atoms with Gasteiger partial charge in [-0.25, -0.2) is 0 Å². The molecule has 13 heavy (non-hydrogen) atoms. The maximum atomic E-state index is 5.36. The second kappa shape index (κ2) is 5.78. The second-order valence-electron chi connectivity index (χ2n) is 4.41. The Morgan fingerprint density at radius 2 is 1.15 bits per heavy atom. The highest BCUT2D eigenvalue weighted by atomic mass is 28.3. The highest BCUT2D eigenvalue weighted by Gasteiger charge is 2.40. The lowest BCUT2D eigenvalue weighted by Crippen LogP contribution is -2.51. The molecule has 0 fully saturated rings. The van der Waals surface area contributed by atoms with E-state index >= 15 is 0 Å². The molecule has 0 aliphatic heterocycles. The first kappa shape index (κ1) is 13.1. The van der Waals surface area contributed by atoms with Gasteiger partial charge in [0.25, 0.3) is 0 Å². The molecule has 3 heteroatoms. The van der Waals surface area contributed by atoms with Crippen LogP contribution in [0, 0.1) is 0 Å². The fraction of sp³-hybridized carbons (Fsp3) is 1.00. The van der Waals surface area contributed by atoms with Gasteiger partial charge in [0.05, 0.1) is 0 Å². The van der Waals surface area contributed by atoms with E-state index in [-0.39, 0.29) is 0 Å². The number of ether oxygens (including phenoxy) is 2. The number of hydrogen-bond acceptors (Lipinski definition) is 2. The average Bonchev–Trinajstić information content (AvgIpc) is 2.03. The van der Waals surface area contributed by atoms with E-state index in [1.807, 2.05) is 0 Å². The molecule has 0 heterocycles. The third kappa shape index (κ3) is 3.08. The molecule has 0 amide bonds. The second-order valence-corrected chi connectivity index (χ2v) is 9.76. The minimum Gasteiger partial charge on any atom is -0.388 e. The van der Waals surface area contributed by atoms with Gasteiger partial charge in [-0.3, -0.25) is 0 Å². The van der Waals surface area contributed by atoms with E-state index in [0.29, 0.717) is 11.1 Å². The third-order valence-electron chi connectivity index (χ3n) is 3.13. The molecule has 0 atom stereocenters. The normalized spacial score (nSPS) is 12.9. The van der Waals surface area contributed by atoms with Crippen LogP contribution in [0.2, 0.25) is 11.1 Å². The third-order valence-corrected chi connectivity index (χ3v) is 9.38. The Morgan fingerprint density at radius 3 is 1.31 bits per heavy atom. The molecule has 0 unspecified atom stereocenters. The van der Waals surface area contributed by atoms with Crippen molar-refractivity contribution in [3.05, 3.63) is 0 Å². The van der Waals surface area contributed by atoms with Crippen LogP contribution in [0.5, 0.6) is 0 Å². The van der Waals surface area contributed by atoms with Gasteiger partial charge >= 0.3 is 0 Å². The number of rotatable bonds is 6. The molecular formula is C10H24O2Si. The Labute approximate surface area is 83.6 Å². The molecule has 0 rings (SSSR count). The van der Waals surface area contributed by atoms with Crippen LogP contribution in [0.3, 0.4) is 0 Å². The highest BCUT2D eigenvalue weighted by molar-refractivity contribution is 6.82. The molecule has 0 radical (unpaired) electrons. The number of methoxy groups -OCH3 is 2. The van der Waals surface area contributed by atoms with Gasteiger partial charge in [-0.15, -0.1) is 0 Å². The summed E-state index contributed by atoms with van der Waals surface area (Å²) < 4.78 is 10.7. The van der Waals surface area contributed by atoms with Crippen LogP contribution in [0.15, 0.2) is 0 Å². The standard InChI is InChI=1S/C10H24O2Si/c1-9(2)13(7-11-5,8-12-6)10(3)4/h9-10H,7-8H2,1-6H3. The van der Waals surface area contributed by atoms with E-state index in [0.717, 1.165) is 12.5 Å². The Kier molecular flexibility index (Phi) is 5.84. The summed E-state index contributed by atoms with van der Waals surface area (Å²) in [7, 11) is 2.19. The first-order valence-corrected chi connectivity index (χ1v) is 7.56. The highest BCUT2D eigenvalue weighted by Crippen LogP contribution is 2.32. The van der Waals surface area contributed by atoms with E-state index in [9.17, 15) is 0 Å². The Morgan fingerprint density at radius 1 is 0.846 bits per heavy atom. The van der Waals surface area contributed by atoms with Gasteiger partial charge in [0.1, 0.15) is 8.07 Å². The fourth-order valence-corrected chi connectivity index (χ4v) is 5.74. The lowest BCUT2D eigenvalue weighted by Gasteiger charge is -2.37. The summed E-state index contributed by atoms with van der Waals surface area (Å²) in [6, 6.07) is 0. The van der Waals surface area contributed by atoms with Crippen molar-refractivity contribution in [2.45, 2.75) is 38.8 Å². The lowest BCUT2D eigenvalue weighted by atomic mass is 10.5.